The van der Waals surface area contributed by atoms with Crippen LogP contribution in [0.4, 0.5) is 4.79 Å². The van der Waals surface area contributed by atoms with Crippen LogP contribution in [0.5, 0.6) is 0 Å². The Morgan fingerprint density at radius 3 is 2.92 bits per heavy atom. The Hall–Kier alpha value is -2.02. The summed E-state index contributed by atoms with van der Waals surface area (Å²) in [7, 11) is 0. The molecular weight excluding hydrogens is 322 g/mol. The minimum absolute atomic E-state index is 0.0215. The predicted octanol–water partition coefficient (Wildman–Crippen LogP) is 2.87. The Bertz CT molecular complexity index is 675. The maximum absolute atomic E-state index is 12.6. The van der Waals surface area contributed by atoms with Crippen molar-refractivity contribution in [3.63, 3.8) is 0 Å². The number of rotatable bonds is 3. The molecule has 2 aromatic rings. The Morgan fingerprint density at radius 1 is 1.33 bits per heavy atom. The van der Waals surface area contributed by atoms with Crippen LogP contribution in [0.2, 0.25) is 0 Å². The third-order valence-electron chi connectivity index (χ3n) is 4.26. The van der Waals surface area contributed by atoms with Gasteiger partial charge in [0.2, 0.25) is 0 Å². The fourth-order valence-corrected chi connectivity index (χ4v) is 3.76. The largest absolute Gasteiger partial charge is 0.330 e. The zero-order valence-corrected chi connectivity index (χ0v) is 14.9. The lowest BCUT2D eigenvalue weighted by molar-refractivity contribution is 0.179. The summed E-state index contributed by atoms with van der Waals surface area (Å²) in [5, 5.41) is 11.4. The molecule has 0 spiro atoms. The van der Waals surface area contributed by atoms with Crippen LogP contribution in [-0.2, 0) is 0 Å². The molecule has 0 unspecified atom stereocenters. The van der Waals surface area contributed by atoms with Crippen molar-refractivity contribution in [2.24, 2.45) is 0 Å². The summed E-state index contributed by atoms with van der Waals surface area (Å²) >= 11 is 1.91. The van der Waals surface area contributed by atoms with E-state index in [9.17, 15) is 4.79 Å². The summed E-state index contributed by atoms with van der Waals surface area (Å²) in [6.45, 7) is 4.84. The molecule has 1 aliphatic heterocycles. The Balaban J connectivity index is 1.65. The van der Waals surface area contributed by atoms with Crippen LogP contribution in [0.25, 0.3) is 5.69 Å². The van der Waals surface area contributed by atoms with E-state index in [1.165, 1.54) is 0 Å². The number of thioether (sulfide) groups is 1. The lowest BCUT2D eigenvalue weighted by atomic mass is 10.2. The number of hydrogen-bond donors (Lipinski definition) is 1. The van der Waals surface area contributed by atoms with Crippen molar-refractivity contribution in [2.75, 3.05) is 18.1 Å². The average Bonchev–Trinajstić information content (AvgIpc) is 2.99. The molecule has 0 radical (unpaired) electrons. The fraction of sp³-hybridized carbons (Fsp3) is 0.471. The first-order valence-electron chi connectivity index (χ1n) is 8.27. The number of carbonyl (C=O) groups excluding carboxylic acids is 1. The molecule has 1 N–H and O–H groups in total. The molecule has 2 atom stereocenters. The molecule has 1 aliphatic rings. The summed E-state index contributed by atoms with van der Waals surface area (Å²) in [5.41, 5.74) is 1.71. The van der Waals surface area contributed by atoms with Gasteiger partial charge < -0.3 is 10.2 Å². The molecule has 1 fully saturated rings. The van der Waals surface area contributed by atoms with Gasteiger partial charge in [-0.15, -0.1) is 5.10 Å². The van der Waals surface area contributed by atoms with E-state index in [4.69, 9.17) is 0 Å². The zero-order chi connectivity index (χ0) is 16.9. The minimum atomic E-state index is -0.182. The van der Waals surface area contributed by atoms with E-state index >= 15 is 0 Å². The summed E-state index contributed by atoms with van der Waals surface area (Å²) in [6, 6.07) is 9.89. The molecule has 0 bridgehead atoms. The number of urea groups is 1. The van der Waals surface area contributed by atoms with E-state index in [1.807, 2.05) is 60.1 Å². The third-order valence-corrected chi connectivity index (χ3v) is 5.26. The summed E-state index contributed by atoms with van der Waals surface area (Å²) in [4.78, 5) is 14.5. The van der Waals surface area contributed by atoms with Crippen LogP contribution in [0.1, 0.15) is 32.0 Å². The SMILES string of the molecule is C[C@H](NC(=O)N1CCSCC[C@@H]1C)c1cn(-c2ccccc2)nn1. The predicted molar refractivity (Wildman–Crippen MR) is 96.4 cm³/mol. The van der Waals surface area contributed by atoms with Gasteiger partial charge in [-0.25, -0.2) is 9.48 Å². The van der Waals surface area contributed by atoms with Crippen molar-refractivity contribution in [3.05, 3.63) is 42.2 Å². The molecule has 1 aromatic heterocycles. The number of benzene rings is 1. The standard InChI is InChI=1S/C17H23N5OS/c1-13-8-10-24-11-9-21(13)17(23)18-14(2)16-12-22(20-19-16)15-6-4-3-5-7-15/h3-7,12-14H,8-11H2,1-2H3,(H,18,23)/t13-,14-/m0/s1. The third kappa shape index (κ3) is 3.90. The van der Waals surface area contributed by atoms with Crippen molar-refractivity contribution >= 4 is 17.8 Å². The molecular formula is C17H23N5OS. The summed E-state index contributed by atoms with van der Waals surface area (Å²) in [6.07, 6.45) is 2.90. The van der Waals surface area contributed by atoms with Crippen molar-refractivity contribution in [1.29, 1.82) is 0 Å². The van der Waals surface area contributed by atoms with Crippen LogP contribution < -0.4 is 5.32 Å². The smallest absolute Gasteiger partial charge is 0.318 e. The topological polar surface area (TPSA) is 63.1 Å². The van der Waals surface area contributed by atoms with Crippen LogP contribution >= 0.6 is 11.8 Å². The second-order valence-corrected chi connectivity index (χ2v) is 7.26. The number of nitrogens with one attached hydrogen (secondary N) is 1. The lowest BCUT2D eigenvalue weighted by Gasteiger charge is -2.28. The minimum Gasteiger partial charge on any atom is -0.330 e. The van der Waals surface area contributed by atoms with E-state index < -0.39 is 0 Å². The Labute approximate surface area is 146 Å². The van der Waals surface area contributed by atoms with Crippen LogP contribution in [0.15, 0.2) is 36.5 Å². The number of para-hydroxylation sites is 1. The first kappa shape index (κ1) is 16.8. The molecule has 1 aromatic carbocycles. The summed E-state index contributed by atoms with van der Waals surface area (Å²) in [5.74, 6) is 2.11. The molecule has 1 saturated heterocycles. The monoisotopic (exact) mass is 345 g/mol. The highest BCUT2D eigenvalue weighted by Gasteiger charge is 2.24. The van der Waals surface area contributed by atoms with E-state index in [0.717, 1.165) is 35.9 Å². The number of carbonyl (C=O) groups is 1. The highest BCUT2D eigenvalue weighted by Crippen LogP contribution is 2.17. The first-order valence-corrected chi connectivity index (χ1v) is 9.43. The molecule has 3 rings (SSSR count). The highest BCUT2D eigenvalue weighted by atomic mass is 32.2. The number of aromatic nitrogens is 3. The normalized spacial score (nSPS) is 19.6. The van der Waals surface area contributed by atoms with Gasteiger partial charge in [-0.3, -0.25) is 0 Å². The maximum atomic E-state index is 12.6. The molecule has 6 nitrogen and oxygen atoms in total. The second kappa shape index (κ2) is 7.70. The molecule has 24 heavy (non-hydrogen) atoms. The van der Waals surface area contributed by atoms with Gasteiger partial charge in [0.25, 0.3) is 0 Å². The molecule has 0 aliphatic carbocycles. The van der Waals surface area contributed by atoms with Gasteiger partial charge in [0, 0.05) is 18.3 Å². The van der Waals surface area contributed by atoms with Gasteiger partial charge in [-0.05, 0) is 38.2 Å². The molecule has 2 amide bonds. The average molecular weight is 345 g/mol. The van der Waals surface area contributed by atoms with Crippen LogP contribution in [-0.4, -0.2) is 50.0 Å². The Morgan fingerprint density at radius 2 is 2.12 bits per heavy atom. The van der Waals surface area contributed by atoms with E-state index in [1.54, 1.807) is 4.68 Å². The van der Waals surface area contributed by atoms with Gasteiger partial charge in [-0.2, -0.15) is 11.8 Å². The maximum Gasteiger partial charge on any atom is 0.318 e. The quantitative estimate of drug-likeness (QED) is 0.929. The van der Waals surface area contributed by atoms with E-state index in [0.29, 0.717) is 0 Å². The molecule has 7 heteroatoms. The fourth-order valence-electron chi connectivity index (χ4n) is 2.72. The molecule has 0 saturated carbocycles. The Kier molecular flexibility index (Phi) is 5.40. The van der Waals surface area contributed by atoms with Crippen molar-refractivity contribution in [1.82, 2.24) is 25.2 Å². The van der Waals surface area contributed by atoms with Crippen LogP contribution in [0.3, 0.4) is 0 Å². The molecule has 128 valence electrons. The zero-order valence-electron chi connectivity index (χ0n) is 14.1. The van der Waals surface area contributed by atoms with Crippen LogP contribution in [0, 0.1) is 0 Å². The summed E-state index contributed by atoms with van der Waals surface area (Å²) < 4.78 is 1.73. The number of hydrogen-bond acceptors (Lipinski definition) is 4. The van der Waals surface area contributed by atoms with Gasteiger partial charge in [-0.1, -0.05) is 23.4 Å². The van der Waals surface area contributed by atoms with Gasteiger partial charge in [0.1, 0.15) is 5.69 Å². The van der Waals surface area contributed by atoms with Crippen molar-refractivity contribution < 1.29 is 4.79 Å². The lowest BCUT2D eigenvalue weighted by Crippen LogP contribution is -2.46. The van der Waals surface area contributed by atoms with Gasteiger partial charge in [0.05, 0.1) is 17.9 Å². The molecule has 2 heterocycles. The highest BCUT2D eigenvalue weighted by molar-refractivity contribution is 7.99. The van der Waals surface area contributed by atoms with E-state index in [-0.39, 0.29) is 18.1 Å². The number of amides is 2. The first-order chi connectivity index (χ1) is 11.6. The van der Waals surface area contributed by atoms with Crippen molar-refractivity contribution in [3.8, 4) is 5.69 Å². The second-order valence-electron chi connectivity index (χ2n) is 6.04. The van der Waals surface area contributed by atoms with E-state index in [2.05, 4.69) is 22.6 Å². The van der Waals surface area contributed by atoms with Gasteiger partial charge in [0.15, 0.2) is 0 Å². The van der Waals surface area contributed by atoms with Crippen molar-refractivity contribution in [2.45, 2.75) is 32.4 Å². The van der Waals surface area contributed by atoms with Gasteiger partial charge >= 0.3 is 6.03 Å². The number of nitrogens with zero attached hydrogens (tertiary/aromatic N) is 4.